The van der Waals surface area contributed by atoms with Crippen LogP contribution in [0.5, 0.6) is 5.75 Å². The van der Waals surface area contributed by atoms with E-state index >= 15 is 0 Å². The van der Waals surface area contributed by atoms with Crippen molar-refractivity contribution >= 4 is 17.5 Å². The predicted octanol–water partition coefficient (Wildman–Crippen LogP) is 4.15. The summed E-state index contributed by atoms with van der Waals surface area (Å²) in [6, 6.07) is 17.8. The number of nitrogens with one attached hydrogen (secondary N) is 2. The van der Waals surface area contributed by atoms with Crippen molar-refractivity contribution in [1.29, 1.82) is 0 Å². The molecule has 0 spiro atoms. The first-order chi connectivity index (χ1) is 11.7. The Morgan fingerprint density at radius 1 is 1.00 bits per heavy atom. The van der Waals surface area contributed by atoms with Gasteiger partial charge >= 0.3 is 0 Å². The first-order valence-electron chi connectivity index (χ1n) is 7.77. The highest BCUT2D eigenvalue weighted by Crippen LogP contribution is 2.18. The second kappa shape index (κ2) is 7.46. The van der Waals surface area contributed by atoms with Gasteiger partial charge in [-0.25, -0.2) is 4.98 Å². The molecule has 0 saturated carbocycles. The van der Waals surface area contributed by atoms with E-state index in [1.165, 1.54) is 11.1 Å². The number of hydrogen-bond donors (Lipinski definition) is 2. The van der Waals surface area contributed by atoms with E-state index < -0.39 is 0 Å². The summed E-state index contributed by atoms with van der Waals surface area (Å²) in [7, 11) is 1.65. The second-order valence-corrected chi connectivity index (χ2v) is 5.40. The van der Waals surface area contributed by atoms with Crippen LogP contribution < -0.4 is 15.4 Å². The van der Waals surface area contributed by atoms with Crippen LogP contribution in [0, 0.1) is 6.92 Å². The molecular formula is C19H20N4O. The van der Waals surface area contributed by atoms with Gasteiger partial charge < -0.3 is 15.4 Å². The summed E-state index contributed by atoms with van der Waals surface area (Å²) in [6.07, 6.45) is 1.74. The minimum Gasteiger partial charge on any atom is -0.497 e. The molecule has 3 rings (SSSR count). The van der Waals surface area contributed by atoms with E-state index in [0.717, 1.165) is 23.8 Å². The zero-order valence-electron chi connectivity index (χ0n) is 13.8. The molecule has 5 nitrogen and oxygen atoms in total. The van der Waals surface area contributed by atoms with Gasteiger partial charge in [0.2, 0.25) is 5.95 Å². The lowest BCUT2D eigenvalue weighted by Gasteiger charge is -2.10. The first kappa shape index (κ1) is 15.8. The van der Waals surface area contributed by atoms with Gasteiger partial charge in [0, 0.05) is 18.4 Å². The van der Waals surface area contributed by atoms with E-state index in [-0.39, 0.29) is 0 Å². The Labute approximate surface area is 141 Å². The van der Waals surface area contributed by atoms with Crippen LogP contribution in [0.3, 0.4) is 0 Å². The molecule has 122 valence electrons. The molecule has 1 aromatic heterocycles. The molecule has 0 amide bonds. The van der Waals surface area contributed by atoms with Crippen molar-refractivity contribution in [1.82, 2.24) is 9.97 Å². The summed E-state index contributed by atoms with van der Waals surface area (Å²) in [5.74, 6) is 2.15. The predicted molar refractivity (Wildman–Crippen MR) is 96.8 cm³/mol. The minimum absolute atomic E-state index is 0.551. The van der Waals surface area contributed by atoms with E-state index in [9.17, 15) is 0 Å². The summed E-state index contributed by atoms with van der Waals surface area (Å²) in [4.78, 5) is 8.75. The SMILES string of the molecule is COc1ccc(Nc2nccc(NCc3ccccc3C)n2)cc1. The van der Waals surface area contributed by atoms with E-state index in [4.69, 9.17) is 4.74 Å². The lowest BCUT2D eigenvalue weighted by atomic mass is 10.1. The monoisotopic (exact) mass is 320 g/mol. The minimum atomic E-state index is 0.551. The number of anilines is 3. The molecule has 0 fully saturated rings. The third kappa shape index (κ3) is 4.01. The molecular weight excluding hydrogens is 300 g/mol. The molecule has 0 aliphatic heterocycles. The Morgan fingerprint density at radius 3 is 2.54 bits per heavy atom. The summed E-state index contributed by atoms with van der Waals surface area (Å²) < 4.78 is 5.15. The van der Waals surface area contributed by atoms with Crippen LogP contribution in [0.15, 0.2) is 60.8 Å². The van der Waals surface area contributed by atoms with Gasteiger partial charge in [-0.2, -0.15) is 4.98 Å². The third-order valence-corrected chi connectivity index (χ3v) is 3.72. The van der Waals surface area contributed by atoms with Crippen molar-refractivity contribution in [3.05, 3.63) is 71.9 Å². The van der Waals surface area contributed by atoms with E-state index in [2.05, 4.69) is 39.7 Å². The van der Waals surface area contributed by atoms with Gasteiger partial charge in [-0.15, -0.1) is 0 Å². The summed E-state index contributed by atoms with van der Waals surface area (Å²) in [5, 5.41) is 6.52. The highest BCUT2D eigenvalue weighted by atomic mass is 16.5. The van der Waals surface area contributed by atoms with Gasteiger partial charge in [-0.3, -0.25) is 0 Å². The Kier molecular flexibility index (Phi) is 4.91. The number of ether oxygens (including phenoxy) is 1. The van der Waals surface area contributed by atoms with Gasteiger partial charge in [-0.05, 0) is 48.4 Å². The van der Waals surface area contributed by atoms with Crippen LogP contribution in [-0.2, 0) is 6.54 Å². The Balaban J connectivity index is 1.66. The van der Waals surface area contributed by atoms with Gasteiger partial charge in [0.25, 0.3) is 0 Å². The van der Waals surface area contributed by atoms with E-state index in [1.807, 2.05) is 42.5 Å². The maximum absolute atomic E-state index is 5.15. The van der Waals surface area contributed by atoms with Crippen molar-refractivity contribution in [2.75, 3.05) is 17.7 Å². The lowest BCUT2D eigenvalue weighted by Crippen LogP contribution is -2.05. The van der Waals surface area contributed by atoms with Crippen molar-refractivity contribution in [3.8, 4) is 5.75 Å². The third-order valence-electron chi connectivity index (χ3n) is 3.72. The molecule has 5 heteroatoms. The normalized spacial score (nSPS) is 10.2. The molecule has 0 saturated heterocycles. The first-order valence-corrected chi connectivity index (χ1v) is 7.77. The van der Waals surface area contributed by atoms with Gasteiger partial charge in [0.05, 0.1) is 7.11 Å². The van der Waals surface area contributed by atoms with Crippen LogP contribution in [0.25, 0.3) is 0 Å². The molecule has 2 N–H and O–H groups in total. The zero-order chi connectivity index (χ0) is 16.8. The topological polar surface area (TPSA) is 59.1 Å². The summed E-state index contributed by atoms with van der Waals surface area (Å²) in [6.45, 7) is 2.83. The zero-order valence-corrected chi connectivity index (χ0v) is 13.8. The van der Waals surface area contributed by atoms with Crippen molar-refractivity contribution < 1.29 is 4.74 Å². The van der Waals surface area contributed by atoms with Crippen LogP contribution in [0.1, 0.15) is 11.1 Å². The number of hydrogen-bond acceptors (Lipinski definition) is 5. The van der Waals surface area contributed by atoms with Crippen molar-refractivity contribution in [2.24, 2.45) is 0 Å². The van der Waals surface area contributed by atoms with Crippen LogP contribution in [0.4, 0.5) is 17.5 Å². The molecule has 0 unspecified atom stereocenters. The number of benzene rings is 2. The van der Waals surface area contributed by atoms with E-state index in [1.54, 1.807) is 13.3 Å². The Bertz CT molecular complexity index is 802. The number of nitrogens with zero attached hydrogens (tertiary/aromatic N) is 2. The second-order valence-electron chi connectivity index (χ2n) is 5.40. The van der Waals surface area contributed by atoms with Gasteiger partial charge in [-0.1, -0.05) is 24.3 Å². The number of rotatable bonds is 6. The lowest BCUT2D eigenvalue weighted by molar-refractivity contribution is 0.415. The number of aryl methyl sites for hydroxylation is 1. The Hall–Kier alpha value is -3.08. The van der Waals surface area contributed by atoms with Crippen LogP contribution in [-0.4, -0.2) is 17.1 Å². The molecule has 0 aliphatic carbocycles. The average Bonchev–Trinajstić information content (AvgIpc) is 2.62. The summed E-state index contributed by atoms with van der Waals surface area (Å²) >= 11 is 0. The maximum Gasteiger partial charge on any atom is 0.229 e. The molecule has 0 aliphatic rings. The molecule has 0 radical (unpaired) electrons. The van der Waals surface area contributed by atoms with Crippen molar-refractivity contribution in [2.45, 2.75) is 13.5 Å². The molecule has 0 atom stereocenters. The van der Waals surface area contributed by atoms with Gasteiger partial charge in [0.1, 0.15) is 11.6 Å². The standard InChI is InChI=1S/C19H20N4O/c1-14-5-3-4-6-15(14)13-21-18-11-12-20-19(23-18)22-16-7-9-17(24-2)10-8-16/h3-12H,13H2,1-2H3,(H2,20,21,22,23). The average molecular weight is 320 g/mol. The summed E-state index contributed by atoms with van der Waals surface area (Å²) in [5.41, 5.74) is 3.42. The molecule has 1 heterocycles. The fourth-order valence-electron chi connectivity index (χ4n) is 2.32. The molecule has 3 aromatic rings. The molecule has 2 aromatic carbocycles. The fourth-order valence-corrected chi connectivity index (χ4v) is 2.32. The maximum atomic E-state index is 5.15. The quantitative estimate of drug-likeness (QED) is 0.714. The molecule has 0 bridgehead atoms. The highest BCUT2D eigenvalue weighted by Gasteiger charge is 2.02. The fraction of sp³-hybridized carbons (Fsp3) is 0.158. The molecule has 24 heavy (non-hydrogen) atoms. The number of methoxy groups -OCH3 is 1. The van der Waals surface area contributed by atoms with Crippen molar-refractivity contribution in [3.63, 3.8) is 0 Å². The Morgan fingerprint density at radius 2 is 1.79 bits per heavy atom. The smallest absolute Gasteiger partial charge is 0.229 e. The highest BCUT2D eigenvalue weighted by molar-refractivity contribution is 5.55. The van der Waals surface area contributed by atoms with Crippen LogP contribution in [0.2, 0.25) is 0 Å². The van der Waals surface area contributed by atoms with E-state index in [0.29, 0.717) is 5.95 Å². The van der Waals surface area contributed by atoms with Crippen LogP contribution >= 0.6 is 0 Å². The number of aromatic nitrogens is 2. The largest absolute Gasteiger partial charge is 0.497 e. The van der Waals surface area contributed by atoms with Gasteiger partial charge in [0.15, 0.2) is 0 Å².